The van der Waals surface area contributed by atoms with E-state index in [1.54, 1.807) is 27.0 Å². The zero-order chi connectivity index (χ0) is 18.5. The van der Waals surface area contributed by atoms with Crippen molar-refractivity contribution in [2.24, 2.45) is 0 Å². The normalized spacial score (nSPS) is 11.8. The van der Waals surface area contributed by atoms with Gasteiger partial charge in [0.2, 0.25) is 16.9 Å². The van der Waals surface area contributed by atoms with Crippen LogP contribution in [0, 0.1) is 6.92 Å². The van der Waals surface area contributed by atoms with E-state index in [1.165, 1.54) is 23.1 Å². The minimum atomic E-state index is -0.363. The van der Waals surface area contributed by atoms with E-state index >= 15 is 0 Å². The topological polar surface area (TPSA) is 102 Å². The van der Waals surface area contributed by atoms with Crippen LogP contribution in [0.1, 0.15) is 12.6 Å². The van der Waals surface area contributed by atoms with Gasteiger partial charge in [-0.15, -0.1) is 10.2 Å². The molecule has 0 aliphatic carbocycles. The zero-order valence-corrected chi connectivity index (χ0v) is 16.0. The van der Waals surface area contributed by atoms with Crippen LogP contribution < -0.4 is 15.4 Å². The van der Waals surface area contributed by atoms with Gasteiger partial charge in [-0.1, -0.05) is 34.3 Å². The molecule has 1 unspecified atom stereocenters. The van der Waals surface area contributed by atoms with Crippen LogP contribution in [-0.4, -0.2) is 33.6 Å². The average molecular weight is 391 g/mol. The molecule has 3 rings (SSSR count). The molecule has 26 heavy (non-hydrogen) atoms. The molecule has 0 saturated heterocycles. The second-order valence-corrected chi connectivity index (χ2v) is 7.88. The van der Waals surface area contributed by atoms with Gasteiger partial charge >= 0.3 is 0 Å². The molecule has 10 heteroatoms. The minimum Gasteiger partial charge on any atom is -0.497 e. The smallest absolute Gasteiger partial charge is 0.240 e. The molecular formula is C16H17N5O3S2. The van der Waals surface area contributed by atoms with Crippen LogP contribution in [0.5, 0.6) is 5.75 Å². The van der Waals surface area contributed by atoms with Crippen LogP contribution >= 0.6 is 23.1 Å². The monoisotopic (exact) mass is 391 g/mol. The molecule has 0 radical (unpaired) electrons. The molecule has 1 aromatic carbocycles. The number of rotatable bonds is 7. The third-order valence-corrected chi connectivity index (χ3v) is 5.27. The van der Waals surface area contributed by atoms with Gasteiger partial charge in [-0.3, -0.25) is 10.1 Å². The maximum Gasteiger partial charge on any atom is 0.240 e. The van der Waals surface area contributed by atoms with E-state index in [2.05, 4.69) is 26.0 Å². The highest BCUT2D eigenvalue weighted by atomic mass is 32.2. The summed E-state index contributed by atoms with van der Waals surface area (Å²) >= 11 is 2.69. The number of nitrogens with zero attached hydrogens (tertiary/aromatic N) is 3. The highest BCUT2D eigenvalue weighted by Gasteiger charge is 2.18. The standard InChI is InChI=1S/C16H17N5O3S2/c1-9-7-13(24-21-9)18-14(22)10(2)25-16-20-19-15(26-16)17-11-5-4-6-12(8-11)23-3/h4-8,10H,1-3H3,(H,17,19)(H,18,22). The van der Waals surface area contributed by atoms with Crippen LogP contribution in [-0.2, 0) is 4.79 Å². The van der Waals surface area contributed by atoms with Gasteiger partial charge in [-0.2, -0.15) is 0 Å². The quantitative estimate of drug-likeness (QED) is 0.588. The summed E-state index contributed by atoms with van der Waals surface area (Å²) in [6.07, 6.45) is 0. The fraction of sp³-hybridized carbons (Fsp3) is 0.250. The first kappa shape index (κ1) is 18.2. The van der Waals surface area contributed by atoms with Crippen molar-refractivity contribution in [1.82, 2.24) is 15.4 Å². The molecule has 136 valence electrons. The number of thioether (sulfide) groups is 1. The zero-order valence-electron chi connectivity index (χ0n) is 14.3. The van der Waals surface area contributed by atoms with Gasteiger partial charge in [0.25, 0.3) is 0 Å². The van der Waals surface area contributed by atoms with Crippen LogP contribution in [0.25, 0.3) is 0 Å². The molecule has 0 bridgehead atoms. The van der Waals surface area contributed by atoms with Gasteiger partial charge in [0.1, 0.15) is 5.75 Å². The number of methoxy groups -OCH3 is 1. The summed E-state index contributed by atoms with van der Waals surface area (Å²) < 4.78 is 10.9. The van der Waals surface area contributed by atoms with Gasteiger partial charge in [0.05, 0.1) is 18.1 Å². The second kappa shape index (κ2) is 8.19. The van der Waals surface area contributed by atoms with Crippen molar-refractivity contribution in [2.45, 2.75) is 23.4 Å². The largest absolute Gasteiger partial charge is 0.497 e. The summed E-state index contributed by atoms with van der Waals surface area (Å²) in [6.45, 7) is 3.58. The van der Waals surface area contributed by atoms with Gasteiger partial charge in [0, 0.05) is 17.8 Å². The van der Waals surface area contributed by atoms with Crippen molar-refractivity contribution in [3.05, 3.63) is 36.0 Å². The third kappa shape index (κ3) is 4.73. The van der Waals surface area contributed by atoms with Gasteiger partial charge in [-0.05, 0) is 26.0 Å². The van der Waals surface area contributed by atoms with Crippen molar-refractivity contribution < 1.29 is 14.1 Å². The van der Waals surface area contributed by atoms with E-state index in [9.17, 15) is 4.79 Å². The summed E-state index contributed by atoms with van der Waals surface area (Å²) in [7, 11) is 1.62. The van der Waals surface area contributed by atoms with E-state index in [0.29, 0.717) is 21.0 Å². The number of ether oxygens (including phenoxy) is 1. The van der Waals surface area contributed by atoms with Crippen LogP contribution in [0.4, 0.5) is 16.7 Å². The van der Waals surface area contributed by atoms with Gasteiger partial charge in [0.15, 0.2) is 4.34 Å². The van der Waals surface area contributed by atoms with Crippen molar-refractivity contribution in [2.75, 3.05) is 17.7 Å². The predicted octanol–water partition coefficient (Wildman–Crippen LogP) is 3.71. The minimum absolute atomic E-state index is 0.191. The number of nitrogens with one attached hydrogen (secondary N) is 2. The maximum atomic E-state index is 12.2. The first-order valence-corrected chi connectivity index (χ1v) is 9.38. The highest BCUT2D eigenvalue weighted by molar-refractivity contribution is 8.02. The lowest BCUT2D eigenvalue weighted by Gasteiger charge is -2.07. The molecule has 0 aliphatic rings. The molecule has 1 amide bonds. The maximum absolute atomic E-state index is 12.2. The molecule has 2 aromatic heterocycles. The highest BCUT2D eigenvalue weighted by Crippen LogP contribution is 2.31. The van der Waals surface area contributed by atoms with Crippen LogP contribution in [0.3, 0.4) is 0 Å². The fourth-order valence-electron chi connectivity index (χ4n) is 1.98. The van der Waals surface area contributed by atoms with Crippen LogP contribution in [0.2, 0.25) is 0 Å². The second-order valence-electron chi connectivity index (χ2n) is 5.31. The summed E-state index contributed by atoms with van der Waals surface area (Å²) in [5, 5.41) is 18.1. The van der Waals surface area contributed by atoms with Crippen molar-refractivity contribution in [3.8, 4) is 5.75 Å². The van der Waals surface area contributed by atoms with E-state index in [1.807, 2.05) is 24.3 Å². The van der Waals surface area contributed by atoms with E-state index in [-0.39, 0.29) is 11.2 Å². The Kier molecular flexibility index (Phi) is 5.74. The summed E-state index contributed by atoms with van der Waals surface area (Å²) in [6, 6.07) is 9.19. The molecule has 0 aliphatic heterocycles. The van der Waals surface area contributed by atoms with Crippen molar-refractivity contribution in [3.63, 3.8) is 0 Å². The molecule has 0 saturated carbocycles. The number of aryl methyl sites for hydroxylation is 1. The van der Waals surface area contributed by atoms with Crippen molar-refractivity contribution >= 4 is 45.7 Å². The lowest BCUT2D eigenvalue weighted by Crippen LogP contribution is -2.22. The first-order chi connectivity index (χ1) is 12.5. The third-order valence-electron chi connectivity index (χ3n) is 3.25. The SMILES string of the molecule is COc1cccc(Nc2nnc(SC(C)C(=O)Nc3cc(C)no3)s2)c1. The average Bonchev–Trinajstić information content (AvgIpc) is 3.23. The summed E-state index contributed by atoms with van der Waals surface area (Å²) in [5.74, 6) is 0.892. The van der Waals surface area contributed by atoms with E-state index in [4.69, 9.17) is 9.26 Å². The molecule has 2 N–H and O–H groups in total. The Balaban J connectivity index is 1.57. The summed E-state index contributed by atoms with van der Waals surface area (Å²) in [4.78, 5) is 12.2. The van der Waals surface area contributed by atoms with Gasteiger partial charge in [-0.25, -0.2) is 0 Å². The fourth-order valence-corrected chi connectivity index (χ4v) is 3.90. The Labute approximate surface area is 158 Å². The number of carbonyl (C=O) groups is 1. The Hall–Kier alpha value is -2.59. The predicted molar refractivity (Wildman–Crippen MR) is 101 cm³/mol. The Morgan fingerprint density at radius 3 is 2.92 bits per heavy atom. The molecule has 2 heterocycles. The lowest BCUT2D eigenvalue weighted by molar-refractivity contribution is -0.115. The first-order valence-electron chi connectivity index (χ1n) is 7.69. The van der Waals surface area contributed by atoms with E-state index < -0.39 is 0 Å². The van der Waals surface area contributed by atoms with Crippen LogP contribution in [0.15, 0.2) is 39.2 Å². The molecule has 0 spiro atoms. The number of benzene rings is 1. The molecule has 3 aromatic rings. The molecular weight excluding hydrogens is 374 g/mol. The van der Waals surface area contributed by atoms with E-state index in [0.717, 1.165) is 11.4 Å². The Morgan fingerprint density at radius 2 is 2.19 bits per heavy atom. The number of hydrogen-bond acceptors (Lipinski definition) is 9. The summed E-state index contributed by atoms with van der Waals surface area (Å²) in [5.41, 5.74) is 1.56. The number of amides is 1. The number of hydrogen-bond donors (Lipinski definition) is 2. The molecule has 1 atom stereocenters. The van der Waals surface area contributed by atoms with Gasteiger partial charge < -0.3 is 14.6 Å². The number of aromatic nitrogens is 3. The number of anilines is 3. The van der Waals surface area contributed by atoms with Crippen molar-refractivity contribution in [1.29, 1.82) is 0 Å². The number of carbonyl (C=O) groups excluding carboxylic acids is 1. The molecule has 0 fully saturated rings. The lowest BCUT2D eigenvalue weighted by atomic mass is 10.3. The molecule has 8 nitrogen and oxygen atoms in total. The Morgan fingerprint density at radius 1 is 1.35 bits per heavy atom. The Bertz CT molecular complexity index is 895.